The molecule has 0 saturated carbocycles. The standard InChI is InChI=1S/C13H14N2O3S2/c1-20(17,18)9-8-14-12(16)6-7-13-15-10-4-2-3-5-11(10)19-13/h2-7H,8-9H2,1H3,(H,14,16)/b7-6+. The van der Waals surface area contributed by atoms with Gasteiger partial charge in [0.15, 0.2) is 0 Å². The van der Waals surface area contributed by atoms with E-state index in [-0.39, 0.29) is 18.2 Å². The van der Waals surface area contributed by atoms with Crippen molar-refractivity contribution in [3.8, 4) is 0 Å². The van der Waals surface area contributed by atoms with Crippen molar-refractivity contribution in [2.75, 3.05) is 18.6 Å². The van der Waals surface area contributed by atoms with E-state index in [1.807, 2.05) is 24.3 Å². The maximum Gasteiger partial charge on any atom is 0.244 e. The summed E-state index contributed by atoms with van der Waals surface area (Å²) in [5, 5.41) is 3.26. The van der Waals surface area contributed by atoms with Crippen LogP contribution in [0.5, 0.6) is 0 Å². The lowest BCUT2D eigenvalue weighted by atomic mass is 10.3. The highest BCUT2D eigenvalue weighted by atomic mass is 32.2. The molecule has 1 aromatic carbocycles. The van der Waals surface area contributed by atoms with Crippen LogP contribution in [0.15, 0.2) is 30.3 Å². The van der Waals surface area contributed by atoms with E-state index in [0.717, 1.165) is 21.5 Å². The smallest absolute Gasteiger partial charge is 0.244 e. The van der Waals surface area contributed by atoms with Crippen LogP contribution in [0.4, 0.5) is 0 Å². The normalized spacial score (nSPS) is 12.1. The van der Waals surface area contributed by atoms with Gasteiger partial charge in [0.2, 0.25) is 5.91 Å². The van der Waals surface area contributed by atoms with Crippen molar-refractivity contribution in [1.29, 1.82) is 0 Å². The van der Waals surface area contributed by atoms with E-state index in [1.165, 1.54) is 17.4 Å². The van der Waals surface area contributed by atoms with Gasteiger partial charge in [-0.3, -0.25) is 4.79 Å². The summed E-state index contributed by atoms with van der Waals surface area (Å²) in [5.41, 5.74) is 0.898. The first-order valence-electron chi connectivity index (χ1n) is 5.93. The Bertz CT molecular complexity index is 715. The fourth-order valence-electron chi connectivity index (χ4n) is 1.53. The summed E-state index contributed by atoms with van der Waals surface area (Å²) < 4.78 is 22.9. The molecule has 0 aliphatic rings. The fraction of sp³-hybridized carbons (Fsp3) is 0.231. The van der Waals surface area contributed by atoms with E-state index in [2.05, 4.69) is 10.3 Å². The molecule has 0 aliphatic heterocycles. The first-order valence-corrected chi connectivity index (χ1v) is 8.81. The number of fused-ring (bicyclic) bond motifs is 1. The maximum atomic E-state index is 11.5. The lowest BCUT2D eigenvalue weighted by Crippen LogP contribution is -2.27. The van der Waals surface area contributed by atoms with Crippen LogP contribution < -0.4 is 5.32 Å². The Morgan fingerprint density at radius 3 is 2.85 bits per heavy atom. The minimum atomic E-state index is -3.05. The number of carbonyl (C=O) groups is 1. The van der Waals surface area contributed by atoms with Crippen molar-refractivity contribution in [2.45, 2.75) is 0 Å². The van der Waals surface area contributed by atoms with Crippen molar-refractivity contribution >= 4 is 43.4 Å². The summed E-state index contributed by atoms with van der Waals surface area (Å²) >= 11 is 1.49. The van der Waals surface area contributed by atoms with Crippen LogP contribution in [-0.4, -0.2) is 37.9 Å². The Labute approximate surface area is 121 Å². The van der Waals surface area contributed by atoms with E-state index in [4.69, 9.17) is 0 Å². The molecule has 0 fully saturated rings. The molecule has 2 rings (SSSR count). The van der Waals surface area contributed by atoms with Gasteiger partial charge >= 0.3 is 0 Å². The number of sulfone groups is 1. The Balaban J connectivity index is 1.93. The number of hydrogen-bond acceptors (Lipinski definition) is 5. The Morgan fingerprint density at radius 1 is 1.40 bits per heavy atom. The fourth-order valence-corrected chi connectivity index (χ4v) is 2.87. The molecular weight excluding hydrogens is 296 g/mol. The molecule has 1 N–H and O–H groups in total. The van der Waals surface area contributed by atoms with Gasteiger partial charge in [-0.25, -0.2) is 13.4 Å². The van der Waals surface area contributed by atoms with Crippen molar-refractivity contribution in [3.05, 3.63) is 35.3 Å². The third kappa shape index (κ3) is 4.43. The molecule has 0 spiro atoms. The van der Waals surface area contributed by atoms with E-state index in [1.54, 1.807) is 6.08 Å². The number of aromatic nitrogens is 1. The van der Waals surface area contributed by atoms with E-state index in [9.17, 15) is 13.2 Å². The lowest BCUT2D eigenvalue weighted by molar-refractivity contribution is -0.116. The average Bonchev–Trinajstić information content (AvgIpc) is 2.77. The zero-order valence-electron chi connectivity index (χ0n) is 10.9. The van der Waals surface area contributed by atoms with Crippen molar-refractivity contribution in [1.82, 2.24) is 10.3 Å². The first-order chi connectivity index (χ1) is 9.44. The minimum Gasteiger partial charge on any atom is -0.352 e. The molecule has 1 amide bonds. The van der Waals surface area contributed by atoms with Crippen LogP contribution in [0.1, 0.15) is 5.01 Å². The van der Waals surface area contributed by atoms with Crippen LogP contribution in [0.2, 0.25) is 0 Å². The van der Waals surface area contributed by atoms with Crippen LogP contribution in [-0.2, 0) is 14.6 Å². The van der Waals surface area contributed by atoms with E-state index in [0.29, 0.717) is 0 Å². The summed E-state index contributed by atoms with van der Waals surface area (Å²) in [6.07, 6.45) is 4.12. The molecule has 0 bridgehead atoms. The number of nitrogens with one attached hydrogen (secondary N) is 1. The highest BCUT2D eigenvalue weighted by Gasteiger charge is 2.03. The quantitative estimate of drug-likeness (QED) is 0.849. The average molecular weight is 310 g/mol. The van der Waals surface area contributed by atoms with Gasteiger partial charge in [0, 0.05) is 18.9 Å². The summed E-state index contributed by atoms with van der Waals surface area (Å²) in [4.78, 5) is 15.9. The molecule has 0 saturated heterocycles. The SMILES string of the molecule is CS(=O)(=O)CCNC(=O)/C=C/c1nc2ccccc2s1. The molecule has 0 atom stereocenters. The number of amides is 1. The second-order valence-corrected chi connectivity index (χ2v) is 7.60. The number of thiazole rings is 1. The van der Waals surface area contributed by atoms with Gasteiger partial charge in [-0.05, 0) is 18.2 Å². The Hall–Kier alpha value is -1.73. The number of hydrogen-bond donors (Lipinski definition) is 1. The van der Waals surface area contributed by atoms with Gasteiger partial charge in [-0.2, -0.15) is 0 Å². The predicted molar refractivity (Wildman–Crippen MR) is 81.4 cm³/mol. The third-order valence-corrected chi connectivity index (χ3v) is 4.41. The zero-order chi connectivity index (χ0) is 14.6. The van der Waals surface area contributed by atoms with Gasteiger partial charge in [0.05, 0.1) is 16.0 Å². The van der Waals surface area contributed by atoms with Gasteiger partial charge in [0.25, 0.3) is 0 Å². The monoisotopic (exact) mass is 310 g/mol. The number of nitrogens with zero attached hydrogens (tertiary/aromatic N) is 1. The molecule has 0 radical (unpaired) electrons. The van der Waals surface area contributed by atoms with Gasteiger partial charge in [0.1, 0.15) is 14.8 Å². The molecule has 5 nitrogen and oxygen atoms in total. The first kappa shape index (κ1) is 14.7. The second-order valence-electron chi connectivity index (χ2n) is 4.27. The summed E-state index contributed by atoms with van der Waals surface area (Å²) in [7, 11) is -3.05. The Morgan fingerprint density at radius 2 is 2.15 bits per heavy atom. The zero-order valence-corrected chi connectivity index (χ0v) is 12.5. The largest absolute Gasteiger partial charge is 0.352 e. The van der Waals surface area contributed by atoms with E-state index >= 15 is 0 Å². The molecule has 1 aromatic heterocycles. The number of rotatable bonds is 5. The second kappa shape index (κ2) is 6.15. The molecule has 7 heteroatoms. The molecular formula is C13H14N2O3S2. The summed E-state index contributed by atoms with van der Waals surface area (Å²) in [6.45, 7) is 0.113. The van der Waals surface area contributed by atoms with Gasteiger partial charge < -0.3 is 5.32 Å². The van der Waals surface area contributed by atoms with Crippen molar-refractivity contribution < 1.29 is 13.2 Å². The summed E-state index contributed by atoms with van der Waals surface area (Å²) in [6, 6.07) is 7.73. The highest BCUT2D eigenvalue weighted by molar-refractivity contribution is 7.90. The van der Waals surface area contributed by atoms with Crippen LogP contribution >= 0.6 is 11.3 Å². The number of benzene rings is 1. The minimum absolute atomic E-state index is 0.0618. The van der Waals surface area contributed by atoms with Crippen LogP contribution in [0, 0.1) is 0 Å². The van der Waals surface area contributed by atoms with Crippen LogP contribution in [0.25, 0.3) is 16.3 Å². The Kier molecular flexibility index (Phi) is 4.51. The molecule has 2 aromatic rings. The molecule has 20 heavy (non-hydrogen) atoms. The predicted octanol–water partition coefficient (Wildman–Crippen LogP) is 1.47. The van der Waals surface area contributed by atoms with Crippen LogP contribution in [0.3, 0.4) is 0 Å². The van der Waals surface area contributed by atoms with Gasteiger partial charge in [-0.15, -0.1) is 11.3 Å². The number of para-hydroxylation sites is 1. The molecule has 1 heterocycles. The van der Waals surface area contributed by atoms with Crippen molar-refractivity contribution in [2.24, 2.45) is 0 Å². The summed E-state index contributed by atoms with van der Waals surface area (Å²) in [5.74, 6) is -0.388. The van der Waals surface area contributed by atoms with Gasteiger partial charge in [-0.1, -0.05) is 12.1 Å². The maximum absolute atomic E-state index is 11.5. The highest BCUT2D eigenvalue weighted by Crippen LogP contribution is 2.22. The van der Waals surface area contributed by atoms with Crippen molar-refractivity contribution in [3.63, 3.8) is 0 Å². The number of carbonyl (C=O) groups excluding carboxylic acids is 1. The topological polar surface area (TPSA) is 76.1 Å². The van der Waals surface area contributed by atoms with E-state index < -0.39 is 9.84 Å². The molecule has 106 valence electrons. The third-order valence-electron chi connectivity index (χ3n) is 2.46. The molecule has 0 aliphatic carbocycles. The molecule has 0 unspecified atom stereocenters. The lowest BCUT2D eigenvalue weighted by Gasteiger charge is -1.99.